The van der Waals surface area contributed by atoms with Crippen LogP contribution in [0.2, 0.25) is 0 Å². The smallest absolute Gasteiger partial charge is 0.320 e. The third-order valence-corrected chi connectivity index (χ3v) is 5.01. The quantitative estimate of drug-likeness (QED) is 0.779. The van der Waals surface area contributed by atoms with Crippen molar-refractivity contribution >= 4 is 45.8 Å². The van der Waals surface area contributed by atoms with Gasteiger partial charge in [-0.3, -0.25) is 14.5 Å². The molecule has 2 aromatic rings. The second-order valence-electron chi connectivity index (χ2n) is 5.89. The Bertz CT molecular complexity index is 1030. The molecule has 28 heavy (non-hydrogen) atoms. The maximum Gasteiger partial charge on any atom is 0.416 e. The number of anilines is 2. The lowest BCUT2D eigenvalue weighted by molar-refractivity contribution is -0.137. The maximum absolute atomic E-state index is 12.7. The number of carbonyl (C=O) groups excluding carboxylic acids is 2. The summed E-state index contributed by atoms with van der Waals surface area (Å²) < 4.78 is 38.2. The number of amides is 2. The zero-order valence-corrected chi connectivity index (χ0v) is 14.8. The first-order valence-electron chi connectivity index (χ1n) is 8.04. The third kappa shape index (κ3) is 3.26. The number of para-hydroxylation sites is 1. The summed E-state index contributed by atoms with van der Waals surface area (Å²) in [7, 11) is 0. The average molecular weight is 404 g/mol. The van der Waals surface area contributed by atoms with E-state index in [4.69, 9.17) is 0 Å². The molecule has 2 heterocycles. The Balaban J connectivity index is 1.66. The highest BCUT2D eigenvalue weighted by atomic mass is 32.2. The van der Waals surface area contributed by atoms with E-state index in [9.17, 15) is 22.8 Å². The first-order valence-corrected chi connectivity index (χ1v) is 9.02. The normalized spacial score (nSPS) is 19.5. The fraction of sp³-hybridized carbons (Fsp3) is 0.111. The third-order valence-electron chi connectivity index (χ3n) is 4.10. The molecule has 2 aliphatic heterocycles. The van der Waals surface area contributed by atoms with Crippen LogP contribution in [0, 0.1) is 0 Å². The highest BCUT2D eigenvalue weighted by molar-refractivity contribution is 8.15. The van der Waals surface area contributed by atoms with Crippen LogP contribution in [0.25, 0.3) is 0 Å². The van der Waals surface area contributed by atoms with E-state index in [0.29, 0.717) is 11.3 Å². The molecule has 0 aromatic heterocycles. The molecular formula is C18H11F3N4O2S. The molecule has 0 unspecified atom stereocenters. The van der Waals surface area contributed by atoms with Crippen LogP contribution in [-0.2, 0) is 15.8 Å². The van der Waals surface area contributed by atoms with Crippen LogP contribution in [0.5, 0.6) is 0 Å². The van der Waals surface area contributed by atoms with Gasteiger partial charge in [-0.15, -0.1) is 10.2 Å². The van der Waals surface area contributed by atoms with E-state index < -0.39 is 17.6 Å². The van der Waals surface area contributed by atoms with Crippen molar-refractivity contribution in [2.45, 2.75) is 6.18 Å². The van der Waals surface area contributed by atoms with Gasteiger partial charge < -0.3 is 5.32 Å². The number of carbonyl (C=O) groups is 2. The van der Waals surface area contributed by atoms with Crippen LogP contribution in [-0.4, -0.2) is 28.4 Å². The van der Waals surface area contributed by atoms with Crippen molar-refractivity contribution in [2.24, 2.45) is 10.2 Å². The molecule has 10 heteroatoms. The lowest BCUT2D eigenvalue weighted by Gasteiger charge is -2.16. The van der Waals surface area contributed by atoms with Crippen LogP contribution >= 0.6 is 11.8 Å². The molecular weight excluding hydrogens is 393 g/mol. The van der Waals surface area contributed by atoms with Crippen LogP contribution in [0.3, 0.4) is 0 Å². The van der Waals surface area contributed by atoms with Crippen LogP contribution in [0.15, 0.2) is 58.7 Å². The zero-order valence-electron chi connectivity index (χ0n) is 14.0. The van der Waals surface area contributed by atoms with Crippen LogP contribution in [0.1, 0.15) is 11.1 Å². The molecule has 6 nitrogen and oxygen atoms in total. The molecule has 1 saturated heterocycles. The Labute approximate surface area is 161 Å². The summed E-state index contributed by atoms with van der Waals surface area (Å²) in [5.74, 6) is -0.672. The largest absolute Gasteiger partial charge is 0.416 e. The number of amidine groups is 1. The SMILES string of the molecule is O=C1Nc2ccccc2/C1=N/N=C1/SCC(=O)N1c1ccc(C(F)(F)F)cc1. The summed E-state index contributed by atoms with van der Waals surface area (Å²) in [6.45, 7) is 0. The molecule has 0 saturated carbocycles. The first-order chi connectivity index (χ1) is 13.3. The van der Waals surface area contributed by atoms with Gasteiger partial charge in [0.1, 0.15) is 0 Å². The molecule has 2 aromatic carbocycles. The van der Waals surface area contributed by atoms with E-state index in [1.54, 1.807) is 24.3 Å². The van der Waals surface area contributed by atoms with Crippen molar-refractivity contribution in [2.75, 3.05) is 16.0 Å². The average Bonchev–Trinajstić information content (AvgIpc) is 3.18. The van der Waals surface area contributed by atoms with Gasteiger partial charge in [0.05, 0.1) is 22.7 Å². The van der Waals surface area contributed by atoms with Crippen molar-refractivity contribution in [1.29, 1.82) is 0 Å². The Kier molecular flexibility index (Phi) is 4.42. The Hall–Kier alpha value is -3.14. The van der Waals surface area contributed by atoms with Crippen LogP contribution < -0.4 is 10.2 Å². The fourth-order valence-corrected chi connectivity index (χ4v) is 3.60. The van der Waals surface area contributed by atoms with E-state index in [1.165, 1.54) is 17.0 Å². The number of alkyl halides is 3. The highest BCUT2D eigenvalue weighted by Crippen LogP contribution is 2.33. The lowest BCUT2D eigenvalue weighted by Crippen LogP contribution is -2.29. The minimum atomic E-state index is -4.46. The van der Waals surface area contributed by atoms with Gasteiger partial charge in [0, 0.05) is 5.56 Å². The number of halogens is 3. The molecule has 0 bridgehead atoms. The molecule has 0 radical (unpaired) electrons. The molecule has 2 aliphatic rings. The summed E-state index contributed by atoms with van der Waals surface area (Å²) in [5.41, 5.74) is 0.746. The number of nitrogens with zero attached hydrogens (tertiary/aromatic N) is 3. The number of benzene rings is 2. The van der Waals surface area contributed by atoms with Gasteiger partial charge in [-0.1, -0.05) is 30.0 Å². The van der Waals surface area contributed by atoms with E-state index in [-0.39, 0.29) is 28.2 Å². The predicted molar refractivity (Wildman–Crippen MR) is 100 cm³/mol. The summed E-state index contributed by atoms with van der Waals surface area (Å²) >= 11 is 1.09. The zero-order chi connectivity index (χ0) is 19.9. The highest BCUT2D eigenvalue weighted by Gasteiger charge is 2.33. The molecule has 1 N–H and O–H groups in total. The summed E-state index contributed by atoms with van der Waals surface area (Å²) in [6, 6.07) is 11.2. The predicted octanol–water partition coefficient (Wildman–Crippen LogP) is 3.50. The molecule has 1 fully saturated rings. The molecule has 0 atom stereocenters. The number of rotatable bonds is 2. The summed E-state index contributed by atoms with van der Waals surface area (Å²) in [4.78, 5) is 25.5. The molecule has 4 rings (SSSR count). The Morgan fingerprint density at radius 2 is 1.71 bits per heavy atom. The fourth-order valence-electron chi connectivity index (χ4n) is 2.78. The van der Waals surface area contributed by atoms with Gasteiger partial charge in [-0.05, 0) is 30.3 Å². The van der Waals surface area contributed by atoms with Crippen molar-refractivity contribution < 1.29 is 22.8 Å². The monoisotopic (exact) mass is 404 g/mol. The molecule has 142 valence electrons. The second-order valence-corrected chi connectivity index (χ2v) is 6.84. The van der Waals surface area contributed by atoms with Crippen LogP contribution in [0.4, 0.5) is 24.5 Å². The second kappa shape index (κ2) is 6.79. The number of nitrogens with one attached hydrogen (secondary N) is 1. The van der Waals surface area contributed by atoms with Crippen molar-refractivity contribution in [1.82, 2.24) is 0 Å². The van der Waals surface area contributed by atoms with Gasteiger partial charge in [0.15, 0.2) is 10.9 Å². The first kappa shape index (κ1) is 18.2. The van der Waals surface area contributed by atoms with Gasteiger partial charge in [0.25, 0.3) is 5.91 Å². The number of hydrogen-bond acceptors (Lipinski definition) is 5. The van der Waals surface area contributed by atoms with E-state index >= 15 is 0 Å². The van der Waals surface area contributed by atoms with Crippen molar-refractivity contribution in [3.8, 4) is 0 Å². The van der Waals surface area contributed by atoms with E-state index in [1.807, 2.05) is 0 Å². The summed E-state index contributed by atoms with van der Waals surface area (Å²) in [6.07, 6.45) is -4.46. The van der Waals surface area contributed by atoms with E-state index in [2.05, 4.69) is 15.5 Å². The minimum absolute atomic E-state index is 0.0769. The standard InChI is InChI=1S/C18H11F3N4O2S/c19-18(20,21)10-5-7-11(8-6-10)25-14(26)9-28-17(25)24-23-15-12-3-1-2-4-13(12)22-16(15)27/h1-8H,9H2,(H,22,23,27)/b24-17+. The molecule has 0 aliphatic carbocycles. The summed E-state index contributed by atoms with van der Waals surface area (Å²) in [5, 5.41) is 10.9. The van der Waals surface area contributed by atoms with Gasteiger partial charge in [0.2, 0.25) is 5.91 Å². The van der Waals surface area contributed by atoms with Gasteiger partial charge in [-0.25, -0.2) is 0 Å². The maximum atomic E-state index is 12.7. The number of fused-ring (bicyclic) bond motifs is 1. The molecule has 2 amide bonds. The van der Waals surface area contributed by atoms with Gasteiger partial charge >= 0.3 is 6.18 Å². The number of hydrogen-bond donors (Lipinski definition) is 1. The Morgan fingerprint density at radius 1 is 1.00 bits per heavy atom. The molecule has 0 spiro atoms. The number of thioether (sulfide) groups is 1. The van der Waals surface area contributed by atoms with Gasteiger partial charge in [-0.2, -0.15) is 13.2 Å². The van der Waals surface area contributed by atoms with Crippen molar-refractivity contribution in [3.05, 3.63) is 59.7 Å². The Morgan fingerprint density at radius 3 is 2.43 bits per heavy atom. The van der Waals surface area contributed by atoms with Crippen molar-refractivity contribution in [3.63, 3.8) is 0 Å². The van der Waals surface area contributed by atoms with E-state index in [0.717, 1.165) is 23.9 Å². The minimum Gasteiger partial charge on any atom is -0.320 e. The topological polar surface area (TPSA) is 74.1 Å². The lowest BCUT2D eigenvalue weighted by atomic mass is 10.1.